The second-order valence-corrected chi connectivity index (χ2v) is 3.00. The quantitative estimate of drug-likeness (QED) is 0.567. The van der Waals surface area contributed by atoms with Crippen LogP contribution in [0.25, 0.3) is 0 Å². The van der Waals surface area contributed by atoms with E-state index in [0.29, 0.717) is 6.42 Å². The van der Waals surface area contributed by atoms with Crippen molar-refractivity contribution in [2.75, 3.05) is 0 Å². The molecule has 0 fully saturated rings. The van der Waals surface area contributed by atoms with E-state index in [0.717, 1.165) is 5.56 Å². The molecule has 0 spiro atoms. The Morgan fingerprint density at radius 3 is 2.82 bits per heavy atom. The molecule has 0 heterocycles. The molecule has 0 bridgehead atoms. The summed E-state index contributed by atoms with van der Waals surface area (Å²) in [6.07, 6.45) is 0.324. The molecule has 2 heteroatoms. The Labute approximate surface area is 65.7 Å². The van der Waals surface area contributed by atoms with Crippen molar-refractivity contribution in [1.29, 1.82) is 0 Å². The molecule has 0 aromatic heterocycles. The Morgan fingerprint density at radius 2 is 2.09 bits per heavy atom. The monoisotopic (exact) mass is 149 g/mol. The van der Waals surface area contributed by atoms with E-state index >= 15 is 0 Å². The molecular formula is C9H11NO. The summed E-state index contributed by atoms with van der Waals surface area (Å²) in [5, 5.41) is 9.39. The lowest BCUT2D eigenvalue weighted by atomic mass is 10.1. The predicted molar refractivity (Wildman–Crippen MR) is 43.1 cm³/mol. The van der Waals surface area contributed by atoms with Crippen LogP contribution in [0.5, 0.6) is 0 Å². The summed E-state index contributed by atoms with van der Waals surface area (Å²) in [5.74, 6) is 0. The standard InChI is InChI=1S/C9H11NO/c10-9-7-4-2-1-3-6(7)5-8(9)11/h1-4,8-9,11H,5,10H2/t8?,9-/m1/s1. The van der Waals surface area contributed by atoms with Gasteiger partial charge in [-0.15, -0.1) is 0 Å². The predicted octanol–water partition coefficient (Wildman–Crippen LogP) is 0.603. The Hall–Kier alpha value is -0.860. The smallest absolute Gasteiger partial charge is 0.0773 e. The van der Waals surface area contributed by atoms with Crippen LogP contribution in [-0.2, 0) is 6.42 Å². The van der Waals surface area contributed by atoms with Gasteiger partial charge in [0.15, 0.2) is 0 Å². The van der Waals surface area contributed by atoms with Gasteiger partial charge in [0.05, 0.1) is 12.1 Å². The van der Waals surface area contributed by atoms with Crippen LogP contribution in [-0.4, -0.2) is 11.2 Å². The van der Waals surface area contributed by atoms with E-state index in [2.05, 4.69) is 0 Å². The molecule has 2 atom stereocenters. The molecule has 1 aromatic rings. The number of hydrogen-bond donors (Lipinski definition) is 2. The van der Waals surface area contributed by atoms with Gasteiger partial charge in [0.2, 0.25) is 0 Å². The minimum Gasteiger partial charge on any atom is -0.391 e. The van der Waals surface area contributed by atoms with Crippen molar-refractivity contribution in [1.82, 2.24) is 0 Å². The Kier molecular flexibility index (Phi) is 1.44. The normalized spacial score (nSPS) is 28.5. The van der Waals surface area contributed by atoms with Gasteiger partial charge in [0.25, 0.3) is 0 Å². The Balaban J connectivity index is 2.47. The molecule has 1 aliphatic rings. The maximum atomic E-state index is 9.39. The number of aliphatic hydroxyl groups is 1. The maximum Gasteiger partial charge on any atom is 0.0773 e. The number of hydrogen-bond acceptors (Lipinski definition) is 2. The Bertz CT molecular complexity index is 272. The van der Waals surface area contributed by atoms with Gasteiger partial charge in [-0.2, -0.15) is 0 Å². The first-order valence-electron chi connectivity index (χ1n) is 3.80. The van der Waals surface area contributed by atoms with Gasteiger partial charge in [-0.1, -0.05) is 24.3 Å². The van der Waals surface area contributed by atoms with Crippen LogP contribution >= 0.6 is 0 Å². The number of nitrogens with two attached hydrogens (primary N) is 1. The molecule has 0 aliphatic heterocycles. The van der Waals surface area contributed by atoms with Gasteiger partial charge in [0, 0.05) is 6.42 Å². The Morgan fingerprint density at radius 1 is 1.36 bits per heavy atom. The molecule has 1 unspecified atom stereocenters. The summed E-state index contributed by atoms with van der Waals surface area (Å²) in [6.45, 7) is 0. The third-order valence-corrected chi connectivity index (χ3v) is 2.26. The summed E-state index contributed by atoms with van der Waals surface area (Å²) in [6, 6.07) is 7.76. The molecule has 11 heavy (non-hydrogen) atoms. The molecule has 3 N–H and O–H groups in total. The minimum absolute atomic E-state index is 0.175. The van der Waals surface area contributed by atoms with Gasteiger partial charge in [-0.3, -0.25) is 0 Å². The first-order valence-corrected chi connectivity index (χ1v) is 3.80. The molecule has 58 valence electrons. The second-order valence-electron chi connectivity index (χ2n) is 3.00. The fourth-order valence-electron chi connectivity index (χ4n) is 1.60. The maximum absolute atomic E-state index is 9.39. The van der Waals surface area contributed by atoms with E-state index in [9.17, 15) is 5.11 Å². The fourth-order valence-corrected chi connectivity index (χ4v) is 1.60. The van der Waals surface area contributed by atoms with E-state index in [1.165, 1.54) is 5.56 Å². The van der Waals surface area contributed by atoms with Crippen LogP contribution in [0.4, 0.5) is 0 Å². The molecule has 1 aliphatic carbocycles. The van der Waals surface area contributed by atoms with Crippen LogP contribution in [0.1, 0.15) is 17.2 Å². The van der Waals surface area contributed by atoms with Crippen LogP contribution in [0.3, 0.4) is 0 Å². The molecular weight excluding hydrogens is 138 g/mol. The minimum atomic E-state index is -0.382. The van der Waals surface area contributed by atoms with E-state index in [4.69, 9.17) is 5.73 Å². The second kappa shape index (κ2) is 2.32. The zero-order valence-electron chi connectivity index (χ0n) is 6.20. The van der Waals surface area contributed by atoms with Gasteiger partial charge in [0.1, 0.15) is 0 Å². The van der Waals surface area contributed by atoms with Crippen molar-refractivity contribution < 1.29 is 5.11 Å². The number of benzene rings is 1. The third-order valence-electron chi connectivity index (χ3n) is 2.26. The molecule has 1 aromatic carbocycles. The first-order chi connectivity index (χ1) is 5.29. The van der Waals surface area contributed by atoms with Crippen LogP contribution < -0.4 is 5.73 Å². The molecule has 2 nitrogen and oxygen atoms in total. The number of rotatable bonds is 0. The lowest BCUT2D eigenvalue weighted by Crippen LogP contribution is -2.21. The third kappa shape index (κ3) is 0.951. The van der Waals surface area contributed by atoms with Crippen LogP contribution in [0.2, 0.25) is 0 Å². The summed E-state index contributed by atoms with van der Waals surface area (Å²) >= 11 is 0. The topological polar surface area (TPSA) is 46.2 Å². The van der Waals surface area contributed by atoms with Crippen LogP contribution in [0.15, 0.2) is 24.3 Å². The van der Waals surface area contributed by atoms with Gasteiger partial charge < -0.3 is 10.8 Å². The zero-order chi connectivity index (χ0) is 7.84. The first kappa shape index (κ1) is 6.83. The molecule has 0 saturated heterocycles. The van der Waals surface area contributed by atoms with Crippen molar-refractivity contribution in [3.8, 4) is 0 Å². The van der Waals surface area contributed by atoms with E-state index in [1.807, 2.05) is 24.3 Å². The highest BCUT2D eigenvalue weighted by Gasteiger charge is 2.26. The summed E-state index contributed by atoms with van der Waals surface area (Å²) < 4.78 is 0. The van der Waals surface area contributed by atoms with Gasteiger partial charge >= 0.3 is 0 Å². The van der Waals surface area contributed by atoms with Crippen molar-refractivity contribution in [2.24, 2.45) is 5.73 Å². The number of fused-ring (bicyclic) bond motifs is 1. The molecule has 0 amide bonds. The molecule has 2 rings (SSSR count). The average Bonchev–Trinajstić information content (AvgIpc) is 2.30. The SMILES string of the molecule is N[C@@H]1c2ccccc2CC1O. The van der Waals surface area contributed by atoms with Crippen LogP contribution in [0, 0.1) is 0 Å². The van der Waals surface area contributed by atoms with Crippen molar-refractivity contribution in [3.63, 3.8) is 0 Å². The lowest BCUT2D eigenvalue weighted by molar-refractivity contribution is 0.158. The highest BCUT2D eigenvalue weighted by atomic mass is 16.3. The summed E-state index contributed by atoms with van der Waals surface area (Å²) in [7, 11) is 0. The van der Waals surface area contributed by atoms with Crippen molar-refractivity contribution >= 4 is 0 Å². The fraction of sp³-hybridized carbons (Fsp3) is 0.333. The molecule has 0 radical (unpaired) electrons. The summed E-state index contributed by atoms with van der Waals surface area (Å²) in [5.41, 5.74) is 8.02. The highest BCUT2D eigenvalue weighted by molar-refractivity contribution is 5.35. The highest BCUT2D eigenvalue weighted by Crippen LogP contribution is 2.28. The summed E-state index contributed by atoms with van der Waals surface area (Å²) in [4.78, 5) is 0. The van der Waals surface area contributed by atoms with Gasteiger partial charge in [-0.05, 0) is 11.1 Å². The number of aliphatic hydroxyl groups excluding tert-OH is 1. The van der Waals surface area contributed by atoms with E-state index in [-0.39, 0.29) is 12.1 Å². The van der Waals surface area contributed by atoms with E-state index in [1.54, 1.807) is 0 Å². The largest absolute Gasteiger partial charge is 0.391 e. The van der Waals surface area contributed by atoms with E-state index < -0.39 is 0 Å². The average molecular weight is 149 g/mol. The van der Waals surface area contributed by atoms with Crippen molar-refractivity contribution in [2.45, 2.75) is 18.6 Å². The lowest BCUT2D eigenvalue weighted by Gasteiger charge is -2.07. The molecule has 0 saturated carbocycles. The van der Waals surface area contributed by atoms with Crippen molar-refractivity contribution in [3.05, 3.63) is 35.4 Å². The zero-order valence-corrected chi connectivity index (χ0v) is 6.20. The van der Waals surface area contributed by atoms with Gasteiger partial charge in [-0.25, -0.2) is 0 Å².